The molecule has 1 amide bonds. The van der Waals surface area contributed by atoms with Gasteiger partial charge in [0.15, 0.2) is 6.10 Å². The van der Waals surface area contributed by atoms with E-state index < -0.39 is 18.0 Å². The second kappa shape index (κ2) is 7.60. The van der Waals surface area contributed by atoms with E-state index in [1.807, 2.05) is 54.6 Å². The van der Waals surface area contributed by atoms with E-state index >= 15 is 0 Å². The van der Waals surface area contributed by atoms with Crippen molar-refractivity contribution < 1.29 is 19.4 Å². The Hall–Kier alpha value is -2.82. The first-order valence-electron chi connectivity index (χ1n) is 8.83. The average Bonchev–Trinajstić information content (AvgIpc) is 3.04. The number of amides is 1. The highest BCUT2D eigenvalue weighted by atomic mass is 16.5. The molecule has 0 aliphatic carbocycles. The van der Waals surface area contributed by atoms with Crippen LogP contribution in [0.2, 0.25) is 0 Å². The number of rotatable bonds is 5. The van der Waals surface area contributed by atoms with Crippen LogP contribution in [0.4, 0.5) is 0 Å². The zero-order chi connectivity index (χ0) is 18.7. The summed E-state index contributed by atoms with van der Waals surface area (Å²) in [5.74, 6) is -0.908. The molecule has 0 spiro atoms. The van der Waals surface area contributed by atoms with Gasteiger partial charge in [0, 0.05) is 12.6 Å². The van der Waals surface area contributed by atoms with E-state index in [0.717, 1.165) is 11.1 Å². The molecule has 5 nitrogen and oxygen atoms in total. The third kappa shape index (κ3) is 3.72. The van der Waals surface area contributed by atoms with E-state index in [-0.39, 0.29) is 11.9 Å². The Bertz CT molecular complexity index is 772. The van der Waals surface area contributed by atoms with Crippen molar-refractivity contribution in [2.45, 2.75) is 32.4 Å². The third-order valence-corrected chi connectivity index (χ3v) is 4.98. The van der Waals surface area contributed by atoms with Gasteiger partial charge in [-0.2, -0.15) is 0 Å². The standard InChI is InChI=1S/C21H23NO4/c1-14-19(21(24)25)12-13-22(14)20(23)15(2)26-18-10-8-17(9-11-18)16-6-4-3-5-7-16/h3-11,14-15,19H,12-13H2,1-2H3,(H,24,25). The van der Waals surface area contributed by atoms with Crippen LogP contribution in [0.1, 0.15) is 20.3 Å². The summed E-state index contributed by atoms with van der Waals surface area (Å²) in [6.07, 6.45) is -0.173. The van der Waals surface area contributed by atoms with E-state index in [0.29, 0.717) is 18.7 Å². The Morgan fingerprint density at radius 1 is 1.08 bits per heavy atom. The Morgan fingerprint density at radius 3 is 2.27 bits per heavy atom. The van der Waals surface area contributed by atoms with Crippen molar-refractivity contribution in [2.75, 3.05) is 6.54 Å². The molecule has 136 valence electrons. The first kappa shape index (κ1) is 18.0. The van der Waals surface area contributed by atoms with Crippen molar-refractivity contribution in [3.63, 3.8) is 0 Å². The van der Waals surface area contributed by atoms with Crippen molar-refractivity contribution in [1.29, 1.82) is 0 Å². The van der Waals surface area contributed by atoms with Crippen LogP contribution in [0, 0.1) is 5.92 Å². The van der Waals surface area contributed by atoms with Gasteiger partial charge in [-0.1, -0.05) is 42.5 Å². The third-order valence-electron chi connectivity index (χ3n) is 4.98. The molecule has 1 N–H and O–H groups in total. The number of aliphatic carboxylic acids is 1. The molecule has 0 aromatic heterocycles. The lowest BCUT2D eigenvalue weighted by Crippen LogP contribution is -2.44. The zero-order valence-corrected chi connectivity index (χ0v) is 15.0. The Balaban J connectivity index is 1.63. The minimum absolute atomic E-state index is 0.173. The fourth-order valence-corrected chi connectivity index (χ4v) is 3.43. The molecule has 0 saturated carbocycles. The molecule has 1 aliphatic rings. The maximum Gasteiger partial charge on any atom is 0.308 e. The number of carbonyl (C=O) groups is 2. The molecule has 1 saturated heterocycles. The molecule has 2 aromatic rings. The van der Waals surface area contributed by atoms with Crippen molar-refractivity contribution in [1.82, 2.24) is 4.90 Å². The highest BCUT2D eigenvalue weighted by molar-refractivity contribution is 5.83. The molecule has 1 aliphatic heterocycles. The van der Waals surface area contributed by atoms with Gasteiger partial charge < -0.3 is 14.7 Å². The SMILES string of the molecule is CC(Oc1ccc(-c2ccccc2)cc1)C(=O)N1CCC(C(=O)O)C1C. The Morgan fingerprint density at radius 2 is 1.69 bits per heavy atom. The molecule has 1 heterocycles. The van der Waals surface area contributed by atoms with Gasteiger partial charge in [0.05, 0.1) is 5.92 Å². The summed E-state index contributed by atoms with van der Waals surface area (Å²) in [5, 5.41) is 9.21. The van der Waals surface area contributed by atoms with Gasteiger partial charge in [-0.3, -0.25) is 9.59 Å². The molecular weight excluding hydrogens is 330 g/mol. The molecule has 1 fully saturated rings. The van der Waals surface area contributed by atoms with E-state index in [9.17, 15) is 14.7 Å². The molecule has 5 heteroatoms. The van der Waals surface area contributed by atoms with Crippen LogP contribution < -0.4 is 4.74 Å². The van der Waals surface area contributed by atoms with Crippen LogP contribution in [0.3, 0.4) is 0 Å². The van der Waals surface area contributed by atoms with Crippen LogP contribution >= 0.6 is 0 Å². The van der Waals surface area contributed by atoms with Gasteiger partial charge in [0.2, 0.25) is 0 Å². The van der Waals surface area contributed by atoms with Gasteiger partial charge in [-0.25, -0.2) is 0 Å². The second-order valence-corrected chi connectivity index (χ2v) is 6.66. The quantitative estimate of drug-likeness (QED) is 0.894. The van der Waals surface area contributed by atoms with Gasteiger partial charge >= 0.3 is 5.97 Å². The Kier molecular flexibility index (Phi) is 5.26. The van der Waals surface area contributed by atoms with E-state index in [1.165, 1.54) is 0 Å². The summed E-state index contributed by atoms with van der Waals surface area (Å²) in [7, 11) is 0. The van der Waals surface area contributed by atoms with Crippen LogP contribution in [-0.4, -0.2) is 40.6 Å². The second-order valence-electron chi connectivity index (χ2n) is 6.66. The lowest BCUT2D eigenvalue weighted by Gasteiger charge is -2.26. The van der Waals surface area contributed by atoms with Crippen molar-refractivity contribution in [3.05, 3.63) is 54.6 Å². The fourth-order valence-electron chi connectivity index (χ4n) is 3.43. The van der Waals surface area contributed by atoms with E-state index in [1.54, 1.807) is 18.7 Å². The van der Waals surface area contributed by atoms with Gasteiger partial charge in [-0.05, 0) is 43.5 Å². The summed E-state index contributed by atoms with van der Waals surface area (Å²) >= 11 is 0. The normalized spacial score (nSPS) is 20.6. The molecule has 0 bridgehead atoms. The van der Waals surface area contributed by atoms with Crippen LogP contribution in [-0.2, 0) is 9.59 Å². The van der Waals surface area contributed by atoms with Crippen LogP contribution in [0.5, 0.6) is 5.75 Å². The number of carbonyl (C=O) groups excluding carboxylic acids is 1. The molecule has 3 rings (SSSR count). The van der Waals surface area contributed by atoms with Crippen molar-refractivity contribution in [2.24, 2.45) is 5.92 Å². The average molecular weight is 353 g/mol. The summed E-state index contributed by atoms with van der Waals surface area (Å²) < 4.78 is 5.78. The fraction of sp³-hybridized carbons (Fsp3) is 0.333. The molecular formula is C21H23NO4. The molecule has 26 heavy (non-hydrogen) atoms. The number of carboxylic acids is 1. The van der Waals surface area contributed by atoms with E-state index in [4.69, 9.17) is 4.74 Å². The largest absolute Gasteiger partial charge is 0.481 e. The highest BCUT2D eigenvalue weighted by Crippen LogP contribution is 2.26. The number of carboxylic acid groups (broad SMARTS) is 1. The number of likely N-dealkylation sites (tertiary alicyclic amines) is 1. The van der Waals surface area contributed by atoms with E-state index in [2.05, 4.69) is 0 Å². The van der Waals surface area contributed by atoms with Crippen molar-refractivity contribution in [3.8, 4) is 16.9 Å². The van der Waals surface area contributed by atoms with Crippen LogP contribution in [0.25, 0.3) is 11.1 Å². The summed E-state index contributed by atoms with van der Waals surface area (Å²) in [4.78, 5) is 25.5. The lowest BCUT2D eigenvalue weighted by atomic mass is 10.0. The lowest BCUT2D eigenvalue weighted by molar-refractivity contribution is -0.144. The maximum atomic E-state index is 12.6. The minimum Gasteiger partial charge on any atom is -0.481 e. The Labute approximate surface area is 153 Å². The predicted octanol–water partition coefficient (Wildman–Crippen LogP) is 3.44. The molecule has 3 unspecified atom stereocenters. The monoisotopic (exact) mass is 353 g/mol. The number of benzene rings is 2. The van der Waals surface area contributed by atoms with Gasteiger partial charge in [0.1, 0.15) is 5.75 Å². The molecule has 0 radical (unpaired) electrons. The number of nitrogens with zero attached hydrogens (tertiary/aromatic N) is 1. The summed E-state index contributed by atoms with van der Waals surface area (Å²) in [6.45, 7) is 3.94. The molecule has 3 atom stereocenters. The zero-order valence-electron chi connectivity index (χ0n) is 15.0. The summed E-state index contributed by atoms with van der Waals surface area (Å²) in [5.41, 5.74) is 2.20. The molecule has 2 aromatic carbocycles. The smallest absolute Gasteiger partial charge is 0.308 e. The number of ether oxygens (including phenoxy) is 1. The van der Waals surface area contributed by atoms with Gasteiger partial charge in [0.25, 0.3) is 5.91 Å². The van der Waals surface area contributed by atoms with Crippen molar-refractivity contribution >= 4 is 11.9 Å². The highest BCUT2D eigenvalue weighted by Gasteiger charge is 2.39. The maximum absolute atomic E-state index is 12.6. The number of hydrogen-bond acceptors (Lipinski definition) is 3. The first-order valence-corrected chi connectivity index (χ1v) is 8.83. The van der Waals surface area contributed by atoms with Gasteiger partial charge in [-0.15, -0.1) is 0 Å². The topological polar surface area (TPSA) is 66.8 Å². The van der Waals surface area contributed by atoms with Crippen LogP contribution in [0.15, 0.2) is 54.6 Å². The first-order chi connectivity index (χ1) is 12.5. The number of hydrogen-bond donors (Lipinski definition) is 1. The minimum atomic E-state index is -0.849. The summed E-state index contributed by atoms with van der Waals surface area (Å²) in [6, 6.07) is 17.3. The predicted molar refractivity (Wildman–Crippen MR) is 98.9 cm³/mol.